The predicted octanol–water partition coefficient (Wildman–Crippen LogP) is 2.54. The van der Waals surface area contributed by atoms with E-state index in [9.17, 15) is 14.4 Å². The molecule has 0 spiro atoms. The average Bonchev–Trinajstić information content (AvgIpc) is 3.30. The maximum absolute atomic E-state index is 13.9. The van der Waals surface area contributed by atoms with Crippen LogP contribution < -0.4 is 19.8 Å². The third-order valence-corrected chi connectivity index (χ3v) is 7.13. The summed E-state index contributed by atoms with van der Waals surface area (Å²) in [6, 6.07) is 16.1. The zero-order valence-corrected chi connectivity index (χ0v) is 19.9. The number of anilines is 1. The lowest BCUT2D eigenvalue weighted by Gasteiger charge is -2.24. The van der Waals surface area contributed by atoms with E-state index in [0.717, 1.165) is 16.8 Å². The van der Waals surface area contributed by atoms with Gasteiger partial charge in [-0.3, -0.25) is 14.2 Å². The van der Waals surface area contributed by atoms with Gasteiger partial charge in [-0.2, -0.15) is 0 Å². The van der Waals surface area contributed by atoms with Gasteiger partial charge < -0.3 is 9.64 Å². The van der Waals surface area contributed by atoms with Crippen molar-refractivity contribution >= 4 is 34.5 Å². The summed E-state index contributed by atoms with van der Waals surface area (Å²) < 4.78 is 7.17. The van der Waals surface area contributed by atoms with Crippen molar-refractivity contribution in [2.24, 2.45) is 4.99 Å². The molecule has 0 saturated carbocycles. The maximum Gasteiger partial charge on any atom is 0.338 e. The van der Waals surface area contributed by atoms with E-state index < -0.39 is 12.0 Å². The molecular weight excluding hydrogens is 450 g/mol. The fourth-order valence-electron chi connectivity index (χ4n) is 4.61. The van der Waals surface area contributed by atoms with Crippen molar-refractivity contribution in [1.82, 2.24) is 4.57 Å². The Labute approximate surface area is 199 Å². The summed E-state index contributed by atoms with van der Waals surface area (Å²) in [5.41, 5.74) is 3.15. The van der Waals surface area contributed by atoms with Gasteiger partial charge in [0.05, 0.1) is 35.2 Å². The lowest BCUT2D eigenvalue weighted by molar-refractivity contribution is -0.139. The second-order valence-corrected chi connectivity index (χ2v) is 8.95. The summed E-state index contributed by atoms with van der Waals surface area (Å²) in [6.45, 7) is 6.10. The van der Waals surface area contributed by atoms with E-state index in [-0.39, 0.29) is 18.1 Å². The van der Waals surface area contributed by atoms with Crippen LogP contribution in [-0.4, -0.2) is 29.6 Å². The van der Waals surface area contributed by atoms with Gasteiger partial charge in [-0.1, -0.05) is 59.9 Å². The van der Waals surface area contributed by atoms with E-state index in [2.05, 4.69) is 4.99 Å². The lowest BCUT2D eigenvalue weighted by atomic mass is 9.96. The number of thiazole rings is 1. The van der Waals surface area contributed by atoms with Gasteiger partial charge in [0, 0.05) is 12.1 Å². The quantitative estimate of drug-likeness (QED) is 0.546. The number of hydrogen-bond donors (Lipinski definition) is 0. The van der Waals surface area contributed by atoms with Gasteiger partial charge in [-0.15, -0.1) is 0 Å². The number of carbonyl (C=O) groups is 2. The van der Waals surface area contributed by atoms with Crippen molar-refractivity contribution in [3.8, 4) is 0 Å². The van der Waals surface area contributed by atoms with Crippen LogP contribution in [0.5, 0.6) is 0 Å². The molecule has 34 heavy (non-hydrogen) atoms. The fourth-order valence-corrected chi connectivity index (χ4v) is 5.74. The molecule has 0 radical (unpaired) electrons. The topological polar surface area (TPSA) is 81.0 Å². The minimum atomic E-state index is -0.695. The van der Waals surface area contributed by atoms with Crippen LogP contribution in [0.4, 0.5) is 5.69 Å². The molecule has 0 aliphatic carbocycles. The molecule has 0 saturated heterocycles. The molecule has 1 amide bonds. The zero-order valence-electron chi connectivity index (χ0n) is 19.1. The number of ether oxygens (including phenoxy) is 1. The van der Waals surface area contributed by atoms with Crippen molar-refractivity contribution in [2.45, 2.75) is 26.8 Å². The number of rotatable bonds is 4. The first-order valence-corrected chi connectivity index (χ1v) is 12.0. The maximum atomic E-state index is 13.9. The molecule has 5 rings (SSSR count). The van der Waals surface area contributed by atoms with Gasteiger partial charge in [0.1, 0.15) is 4.53 Å². The highest BCUT2D eigenvalue weighted by atomic mass is 32.1. The van der Waals surface area contributed by atoms with E-state index >= 15 is 0 Å². The van der Waals surface area contributed by atoms with Crippen LogP contribution >= 0.6 is 11.3 Å². The standard InChI is InChI=1S/C26H23N3O4S/c1-4-28-18-14-10-9-13-17(18)20(23(28)30)22-24(31)29-21(16-11-7-6-8-12-16)19(25(32)33-5-2)15(3)27-26(29)34-22/h6-14,21H,4-5H2,1-3H3/b22-20-/t21-/m1/s1. The summed E-state index contributed by atoms with van der Waals surface area (Å²) >= 11 is 1.18. The first-order chi connectivity index (χ1) is 16.5. The summed E-state index contributed by atoms with van der Waals surface area (Å²) in [5.74, 6) is -0.707. The smallest absolute Gasteiger partial charge is 0.338 e. The number of para-hydroxylation sites is 1. The normalized spacial score (nSPS) is 18.5. The van der Waals surface area contributed by atoms with Crippen molar-refractivity contribution in [2.75, 3.05) is 18.1 Å². The Morgan fingerprint density at radius 2 is 1.76 bits per heavy atom. The van der Waals surface area contributed by atoms with Crippen LogP contribution in [-0.2, 0) is 14.3 Å². The average molecular weight is 474 g/mol. The molecular formula is C26H23N3O4S. The number of nitrogens with zero attached hydrogens (tertiary/aromatic N) is 3. The van der Waals surface area contributed by atoms with Crippen LogP contribution in [0.1, 0.15) is 37.9 Å². The largest absolute Gasteiger partial charge is 0.463 e. The van der Waals surface area contributed by atoms with Gasteiger partial charge in [-0.05, 0) is 32.4 Å². The van der Waals surface area contributed by atoms with E-state index in [1.54, 1.807) is 18.7 Å². The number of likely N-dealkylation sites (N-methyl/N-ethyl adjacent to an activating group) is 1. The van der Waals surface area contributed by atoms with E-state index in [1.165, 1.54) is 15.9 Å². The molecule has 0 unspecified atom stereocenters. The van der Waals surface area contributed by atoms with Gasteiger partial charge in [-0.25, -0.2) is 9.79 Å². The molecule has 0 bridgehead atoms. The Morgan fingerprint density at radius 3 is 2.47 bits per heavy atom. The van der Waals surface area contributed by atoms with E-state index in [4.69, 9.17) is 4.74 Å². The Bertz CT molecular complexity index is 1530. The number of hydrogen-bond acceptors (Lipinski definition) is 6. The number of benzene rings is 2. The van der Waals surface area contributed by atoms with Crippen LogP contribution in [0, 0.1) is 0 Å². The molecule has 2 aliphatic heterocycles. The molecule has 2 aromatic carbocycles. The summed E-state index contributed by atoms with van der Waals surface area (Å²) in [7, 11) is 0. The number of allylic oxidation sites excluding steroid dienone is 1. The number of aromatic nitrogens is 1. The molecule has 2 aliphatic rings. The highest BCUT2D eigenvalue weighted by molar-refractivity contribution is 7.07. The van der Waals surface area contributed by atoms with Crippen LogP contribution in [0.2, 0.25) is 0 Å². The summed E-state index contributed by atoms with van der Waals surface area (Å²) in [4.78, 5) is 47.0. The van der Waals surface area contributed by atoms with Crippen LogP contribution in [0.3, 0.4) is 0 Å². The second kappa shape index (κ2) is 8.53. The molecule has 0 N–H and O–H groups in total. The van der Waals surface area contributed by atoms with Crippen LogP contribution in [0.15, 0.2) is 75.7 Å². The second-order valence-electron chi connectivity index (χ2n) is 7.98. The first-order valence-electron chi connectivity index (χ1n) is 11.2. The summed E-state index contributed by atoms with van der Waals surface area (Å²) in [5, 5.41) is 0. The van der Waals surface area contributed by atoms with Gasteiger partial charge >= 0.3 is 5.97 Å². The van der Waals surface area contributed by atoms with E-state index in [0.29, 0.717) is 32.7 Å². The predicted molar refractivity (Wildman–Crippen MR) is 130 cm³/mol. The van der Waals surface area contributed by atoms with Gasteiger partial charge in [0.15, 0.2) is 4.80 Å². The van der Waals surface area contributed by atoms with Crippen molar-refractivity contribution in [3.05, 3.63) is 96.7 Å². The molecule has 172 valence electrons. The van der Waals surface area contributed by atoms with Crippen molar-refractivity contribution in [1.29, 1.82) is 0 Å². The Morgan fingerprint density at radius 1 is 1.06 bits per heavy atom. The third kappa shape index (κ3) is 3.25. The molecule has 0 fully saturated rings. The van der Waals surface area contributed by atoms with Crippen LogP contribution in [0.25, 0.3) is 5.57 Å². The van der Waals surface area contributed by atoms with Gasteiger partial charge in [0.2, 0.25) is 0 Å². The number of esters is 1. The molecule has 7 nitrogen and oxygen atoms in total. The van der Waals surface area contributed by atoms with Crippen molar-refractivity contribution in [3.63, 3.8) is 0 Å². The lowest BCUT2D eigenvalue weighted by Crippen LogP contribution is -2.41. The fraction of sp³-hybridized carbons (Fsp3) is 0.231. The Kier molecular flexibility index (Phi) is 5.53. The molecule has 1 aromatic heterocycles. The summed E-state index contributed by atoms with van der Waals surface area (Å²) in [6.07, 6.45) is 0. The highest BCUT2D eigenvalue weighted by Crippen LogP contribution is 2.35. The monoisotopic (exact) mass is 473 g/mol. The Balaban J connectivity index is 1.83. The number of carbonyl (C=O) groups excluding carboxylic acids is 2. The molecule has 3 aromatic rings. The SMILES string of the molecule is CCOC(=O)C1=C(C)N=c2s/c(=C3\C(=O)N(CC)c4ccccc43)c(=O)n2[C@@H]1c1ccccc1. The molecule has 3 heterocycles. The highest BCUT2D eigenvalue weighted by Gasteiger charge is 2.36. The Hall–Kier alpha value is -3.78. The first kappa shape index (κ1) is 22.0. The molecule has 8 heteroatoms. The van der Waals surface area contributed by atoms with E-state index in [1.807, 2.05) is 61.5 Å². The number of fused-ring (bicyclic) bond motifs is 2. The molecule has 1 atom stereocenters. The van der Waals surface area contributed by atoms with Crippen molar-refractivity contribution < 1.29 is 14.3 Å². The minimum absolute atomic E-state index is 0.202. The third-order valence-electron chi connectivity index (χ3n) is 6.07. The number of amides is 1. The minimum Gasteiger partial charge on any atom is -0.463 e. The zero-order chi connectivity index (χ0) is 24.0. The van der Waals surface area contributed by atoms with Gasteiger partial charge in [0.25, 0.3) is 11.5 Å².